The smallest absolute Gasteiger partial charge is 0.335 e. The van der Waals surface area contributed by atoms with Gasteiger partial charge in [-0.05, 0) is 25.1 Å². The minimum atomic E-state index is -0.961. The summed E-state index contributed by atoms with van der Waals surface area (Å²) in [5.74, 6) is 0.103. The highest BCUT2D eigenvalue weighted by Gasteiger charge is 2.18. The zero-order chi connectivity index (χ0) is 14.2. The quantitative estimate of drug-likeness (QED) is 0.887. The molecule has 5 heteroatoms. The predicted octanol–water partition coefficient (Wildman–Crippen LogP) is 2.41. The van der Waals surface area contributed by atoms with Crippen LogP contribution in [-0.4, -0.2) is 32.3 Å². The SMILES string of the molecule is CC(C)c1nc2ccc(C(=O)O)cc2n1C(C)CO. The number of aliphatic hydroxyl groups is 1. The summed E-state index contributed by atoms with van der Waals surface area (Å²) in [6.07, 6.45) is 0. The molecule has 2 rings (SSSR count). The van der Waals surface area contributed by atoms with Gasteiger partial charge in [0.1, 0.15) is 5.82 Å². The maximum atomic E-state index is 11.1. The molecule has 19 heavy (non-hydrogen) atoms. The largest absolute Gasteiger partial charge is 0.478 e. The molecule has 102 valence electrons. The molecule has 0 bridgehead atoms. The third-order valence-corrected chi connectivity index (χ3v) is 3.19. The van der Waals surface area contributed by atoms with Crippen molar-refractivity contribution in [2.75, 3.05) is 6.61 Å². The molecule has 0 radical (unpaired) electrons. The van der Waals surface area contributed by atoms with Gasteiger partial charge in [-0.1, -0.05) is 13.8 Å². The fourth-order valence-electron chi connectivity index (χ4n) is 2.20. The second-order valence-corrected chi connectivity index (χ2v) is 5.03. The van der Waals surface area contributed by atoms with Crippen LogP contribution in [0.1, 0.15) is 48.9 Å². The zero-order valence-corrected chi connectivity index (χ0v) is 11.3. The highest BCUT2D eigenvalue weighted by molar-refractivity contribution is 5.92. The minimum Gasteiger partial charge on any atom is -0.478 e. The van der Waals surface area contributed by atoms with Crippen LogP contribution in [-0.2, 0) is 0 Å². The Hall–Kier alpha value is -1.88. The summed E-state index contributed by atoms with van der Waals surface area (Å²) < 4.78 is 1.92. The van der Waals surface area contributed by atoms with E-state index in [4.69, 9.17) is 5.11 Å². The number of carbonyl (C=O) groups is 1. The molecule has 5 nitrogen and oxygen atoms in total. The number of rotatable bonds is 4. The molecule has 0 spiro atoms. The predicted molar refractivity (Wildman–Crippen MR) is 72.6 cm³/mol. The molecule has 1 unspecified atom stereocenters. The van der Waals surface area contributed by atoms with Crippen LogP contribution in [0.3, 0.4) is 0 Å². The number of aromatic carboxylic acids is 1. The Morgan fingerprint density at radius 2 is 2.05 bits per heavy atom. The molecule has 2 N–H and O–H groups in total. The van der Waals surface area contributed by atoms with Gasteiger partial charge in [-0.2, -0.15) is 0 Å². The maximum absolute atomic E-state index is 11.1. The number of aliphatic hydroxyl groups excluding tert-OH is 1. The second-order valence-electron chi connectivity index (χ2n) is 5.03. The first kappa shape index (κ1) is 13.5. The summed E-state index contributed by atoms with van der Waals surface area (Å²) in [5, 5.41) is 18.5. The van der Waals surface area contributed by atoms with E-state index < -0.39 is 5.97 Å². The van der Waals surface area contributed by atoms with E-state index in [1.807, 2.05) is 25.3 Å². The van der Waals surface area contributed by atoms with Crippen LogP contribution in [0.15, 0.2) is 18.2 Å². The Balaban J connectivity index is 2.73. The van der Waals surface area contributed by atoms with Crippen LogP contribution in [0.2, 0.25) is 0 Å². The average Bonchev–Trinajstić information content (AvgIpc) is 2.76. The van der Waals surface area contributed by atoms with Crippen molar-refractivity contribution in [1.29, 1.82) is 0 Å². The van der Waals surface area contributed by atoms with Gasteiger partial charge in [-0.3, -0.25) is 0 Å². The van der Waals surface area contributed by atoms with Crippen LogP contribution in [0.25, 0.3) is 11.0 Å². The van der Waals surface area contributed by atoms with Crippen molar-refractivity contribution in [2.45, 2.75) is 32.7 Å². The fourth-order valence-corrected chi connectivity index (χ4v) is 2.20. The third-order valence-electron chi connectivity index (χ3n) is 3.19. The Kier molecular flexibility index (Phi) is 3.57. The number of imidazole rings is 1. The molecule has 0 saturated heterocycles. The van der Waals surface area contributed by atoms with Crippen molar-refractivity contribution in [3.63, 3.8) is 0 Å². The summed E-state index contributed by atoms with van der Waals surface area (Å²) >= 11 is 0. The van der Waals surface area contributed by atoms with Gasteiger partial charge in [-0.25, -0.2) is 9.78 Å². The molecule has 0 aliphatic carbocycles. The number of carboxylic acids is 1. The Morgan fingerprint density at radius 3 is 2.58 bits per heavy atom. The lowest BCUT2D eigenvalue weighted by Crippen LogP contribution is -2.13. The average molecular weight is 262 g/mol. The van der Waals surface area contributed by atoms with E-state index in [1.165, 1.54) is 0 Å². The molecule has 1 atom stereocenters. The standard InChI is InChI=1S/C14H18N2O3/c1-8(2)13-15-11-5-4-10(14(18)19)6-12(11)16(13)9(3)7-17/h4-6,8-9,17H,7H2,1-3H3,(H,18,19). The lowest BCUT2D eigenvalue weighted by Gasteiger charge is -2.17. The van der Waals surface area contributed by atoms with Gasteiger partial charge in [0.05, 0.1) is 29.2 Å². The van der Waals surface area contributed by atoms with Crippen molar-refractivity contribution < 1.29 is 15.0 Å². The molecule has 2 aromatic rings. The van der Waals surface area contributed by atoms with Gasteiger partial charge in [0.15, 0.2) is 0 Å². The van der Waals surface area contributed by atoms with E-state index in [0.29, 0.717) is 0 Å². The molecule has 0 fully saturated rings. The normalized spacial score (nSPS) is 13.1. The highest BCUT2D eigenvalue weighted by Crippen LogP contribution is 2.26. The van der Waals surface area contributed by atoms with E-state index in [0.717, 1.165) is 16.9 Å². The molecule has 0 aliphatic heterocycles. The summed E-state index contributed by atoms with van der Waals surface area (Å²) in [7, 11) is 0. The van der Waals surface area contributed by atoms with Crippen molar-refractivity contribution in [3.05, 3.63) is 29.6 Å². The number of fused-ring (bicyclic) bond motifs is 1. The Bertz CT molecular complexity index is 616. The third kappa shape index (κ3) is 2.33. The molecule has 1 aromatic heterocycles. The lowest BCUT2D eigenvalue weighted by molar-refractivity contribution is 0.0697. The number of benzene rings is 1. The molecule has 0 aliphatic rings. The van der Waals surface area contributed by atoms with Crippen LogP contribution in [0, 0.1) is 0 Å². The summed E-state index contributed by atoms with van der Waals surface area (Å²) in [4.78, 5) is 15.6. The Labute approximate surface area is 111 Å². The van der Waals surface area contributed by atoms with E-state index in [1.54, 1.807) is 18.2 Å². The van der Waals surface area contributed by atoms with E-state index in [2.05, 4.69) is 4.98 Å². The zero-order valence-electron chi connectivity index (χ0n) is 11.3. The van der Waals surface area contributed by atoms with Crippen molar-refractivity contribution in [1.82, 2.24) is 9.55 Å². The van der Waals surface area contributed by atoms with Crippen LogP contribution >= 0.6 is 0 Å². The van der Waals surface area contributed by atoms with E-state index in [9.17, 15) is 9.90 Å². The topological polar surface area (TPSA) is 75.3 Å². The van der Waals surface area contributed by atoms with E-state index >= 15 is 0 Å². The monoisotopic (exact) mass is 262 g/mol. The first-order valence-electron chi connectivity index (χ1n) is 6.31. The van der Waals surface area contributed by atoms with Crippen LogP contribution in [0.4, 0.5) is 0 Å². The Morgan fingerprint density at radius 1 is 1.37 bits per heavy atom. The van der Waals surface area contributed by atoms with Crippen molar-refractivity contribution in [2.24, 2.45) is 0 Å². The van der Waals surface area contributed by atoms with Crippen LogP contribution < -0.4 is 0 Å². The van der Waals surface area contributed by atoms with Crippen molar-refractivity contribution in [3.8, 4) is 0 Å². The van der Waals surface area contributed by atoms with E-state index in [-0.39, 0.29) is 24.1 Å². The fraction of sp³-hybridized carbons (Fsp3) is 0.429. The number of aromatic nitrogens is 2. The highest BCUT2D eigenvalue weighted by atomic mass is 16.4. The summed E-state index contributed by atoms with van der Waals surface area (Å²) in [6, 6.07) is 4.75. The lowest BCUT2D eigenvalue weighted by atomic mass is 10.2. The van der Waals surface area contributed by atoms with Gasteiger partial charge < -0.3 is 14.8 Å². The van der Waals surface area contributed by atoms with Crippen LogP contribution in [0.5, 0.6) is 0 Å². The molecule has 0 amide bonds. The second kappa shape index (κ2) is 5.01. The van der Waals surface area contributed by atoms with Gasteiger partial charge in [-0.15, -0.1) is 0 Å². The number of hydrogen-bond acceptors (Lipinski definition) is 3. The molecular weight excluding hydrogens is 244 g/mol. The number of carboxylic acid groups (broad SMARTS) is 1. The molecule has 1 heterocycles. The van der Waals surface area contributed by atoms with Gasteiger partial charge >= 0.3 is 5.97 Å². The molecular formula is C14H18N2O3. The summed E-state index contributed by atoms with van der Waals surface area (Å²) in [6.45, 7) is 5.93. The van der Waals surface area contributed by atoms with Gasteiger partial charge in [0.25, 0.3) is 0 Å². The first-order chi connectivity index (χ1) is 8.95. The molecule has 0 saturated carbocycles. The minimum absolute atomic E-state index is 0.0114. The molecule has 1 aromatic carbocycles. The van der Waals surface area contributed by atoms with Crippen molar-refractivity contribution >= 4 is 17.0 Å². The van der Waals surface area contributed by atoms with Gasteiger partial charge in [0.2, 0.25) is 0 Å². The number of nitrogens with zero attached hydrogens (tertiary/aromatic N) is 2. The first-order valence-corrected chi connectivity index (χ1v) is 6.31. The number of hydrogen-bond donors (Lipinski definition) is 2. The van der Waals surface area contributed by atoms with Gasteiger partial charge in [0, 0.05) is 5.92 Å². The summed E-state index contributed by atoms with van der Waals surface area (Å²) in [5.41, 5.74) is 1.74. The maximum Gasteiger partial charge on any atom is 0.335 e.